The van der Waals surface area contributed by atoms with Crippen molar-refractivity contribution in [2.75, 3.05) is 0 Å². The summed E-state index contributed by atoms with van der Waals surface area (Å²) in [5.74, 6) is 3.01. The second kappa shape index (κ2) is 1.48. The van der Waals surface area contributed by atoms with Crippen molar-refractivity contribution in [3.05, 3.63) is 5.92 Å². The van der Waals surface area contributed by atoms with Crippen molar-refractivity contribution in [1.82, 2.24) is 0 Å². The highest BCUT2D eigenvalue weighted by molar-refractivity contribution is 5.31. The highest BCUT2D eigenvalue weighted by atomic mass is 14.7. The van der Waals surface area contributed by atoms with E-state index in [-0.39, 0.29) is 0 Å². The van der Waals surface area contributed by atoms with Crippen molar-refractivity contribution in [1.29, 1.82) is 0 Å². The highest BCUT2D eigenvalue weighted by Crippen LogP contribution is 2.75. The summed E-state index contributed by atoms with van der Waals surface area (Å²) in [4.78, 5) is 0. The lowest BCUT2D eigenvalue weighted by atomic mass is 9.79. The average Bonchev–Trinajstić information content (AvgIpc) is 2.58. The van der Waals surface area contributed by atoms with Crippen molar-refractivity contribution in [3.63, 3.8) is 0 Å². The van der Waals surface area contributed by atoms with Crippen LogP contribution in [-0.4, -0.2) is 0 Å². The zero-order valence-electron chi connectivity index (χ0n) is 7.61. The molecule has 0 heteroatoms. The zero-order chi connectivity index (χ0) is 7.69. The lowest BCUT2D eigenvalue weighted by Crippen LogP contribution is -2.17. The minimum Gasteiger partial charge on any atom is -0.0184 e. The quantitative estimate of drug-likeness (QED) is 0.464. The van der Waals surface area contributed by atoms with Crippen LogP contribution in [0.15, 0.2) is 0 Å². The Kier molecular flexibility index (Phi) is 0.863. The fourth-order valence-electron chi connectivity index (χ4n) is 3.81. The summed E-state index contributed by atoms with van der Waals surface area (Å²) in [5, 5.41) is 0. The molecule has 2 bridgehead atoms. The van der Waals surface area contributed by atoms with Crippen molar-refractivity contribution < 1.29 is 0 Å². The topological polar surface area (TPSA) is 0 Å². The third kappa shape index (κ3) is 0.566. The Balaban J connectivity index is 2.02. The summed E-state index contributed by atoms with van der Waals surface area (Å²) < 4.78 is 0. The predicted octanol–water partition coefficient (Wildman–Crippen LogP) is 3.18. The molecule has 11 heavy (non-hydrogen) atoms. The van der Waals surface area contributed by atoms with E-state index < -0.39 is 0 Å². The standard InChI is InChI=1S/C11H17/c1-10(2)8-3-4-9(10)11(7-8)5-6-11/h8H,3-7H2,1-2H3/q+1/t8-/m0/s1. The van der Waals surface area contributed by atoms with Gasteiger partial charge in [-0.15, -0.1) is 0 Å². The lowest BCUT2D eigenvalue weighted by molar-refractivity contribution is 0.323. The van der Waals surface area contributed by atoms with Crippen molar-refractivity contribution in [3.8, 4) is 0 Å². The molecule has 0 amide bonds. The first-order chi connectivity index (χ1) is 5.15. The maximum atomic E-state index is 2.48. The normalized spacial score (nSPS) is 42.0. The predicted molar refractivity (Wildman–Crippen MR) is 46.0 cm³/mol. The fraction of sp³-hybridized carbons (Fsp3) is 0.909. The van der Waals surface area contributed by atoms with Gasteiger partial charge in [0.05, 0.1) is 6.42 Å². The van der Waals surface area contributed by atoms with E-state index in [9.17, 15) is 0 Å². The van der Waals surface area contributed by atoms with E-state index in [4.69, 9.17) is 0 Å². The van der Waals surface area contributed by atoms with Gasteiger partial charge in [0.1, 0.15) is 16.7 Å². The van der Waals surface area contributed by atoms with Gasteiger partial charge in [-0.1, -0.05) is 0 Å². The summed E-state index contributed by atoms with van der Waals surface area (Å²) in [6.45, 7) is 4.96. The van der Waals surface area contributed by atoms with E-state index in [0.29, 0.717) is 5.41 Å². The third-order valence-electron chi connectivity index (χ3n) is 4.67. The van der Waals surface area contributed by atoms with E-state index in [1.54, 1.807) is 6.42 Å². The molecule has 60 valence electrons. The van der Waals surface area contributed by atoms with E-state index in [1.165, 1.54) is 25.7 Å². The van der Waals surface area contributed by atoms with Crippen LogP contribution in [0.4, 0.5) is 0 Å². The Bertz CT molecular complexity index is 198. The van der Waals surface area contributed by atoms with E-state index >= 15 is 0 Å². The SMILES string of the molecule is CC1(C)[C+]2CC[C@H]1CC21CC1. The van der Waals surface area contributed by atoms with Crippen molar-refractivity contribution >= 4 is 0 Å². The first kappa shape index (κ1) is 6.39. The summed E-state index contributed by atoms with van der Waals surface area (Å²) >= 11 is 0. The van der Waals surface area contributed by atoms with Gasteiger partial charge >= 0.3 is 0 Å². The van der Waals surface area contributed by atoms with E-state index in [0.717, 1.165) is 11.3 Å². The van der Waals surface area contributed by atoms with Crippen LogP contribution in [0, 0.1) is 22.7 Å². The fourth-order valence-corrected chi connectivity index (χ4v) is 3.81. The molecule has 0 aromatic carbocycles. The molecule has 0 aromatic rings. The van der Waals surface area contributed by atoms with Gasteiger partial charge in [-0.2, -0.15) is 0 Å². The highest BCUT2D eigenvalue weighted by Gasteiger charge is 2.75. The van der Waals surface area contributed by atoms with Crippen LogP contribution < -0.4 is 0 Å². The van der Waals surface area contributed by atoms with Gasteiger partial charge in [-0.3, -0.25) is 0 Å². The van der Waals surface area contributed by atoms with Crippen LogP contribution in [0.25, 0.3) is 0 Å². The summed E-state index contributed by atoms with van der Waals surface area (Å²) in [6.07, 6.45) is 7.58. The Morgan fingerprint density at radius 2 is 2.00 bits per heavy atom. The maximum Gasteiger partial charge on any atom is 0.112 e. The van der Waals surface area contributed by atoms with Gasteiger partial charge in [0, 0.05) is 12.3 Å². The molecule has 1 atom stereocenters. The number of hydrogen-bond acceptors (Lipinski definition) is 0. The molecule has 3 aliphatic rings. The molecule has 0 heterocycles. The van der Waals surface area contributed by atoms with E-state index in [1.807, 2.05) is 5.92 Å². The Morgan fingerprint density at radius 1 is 1.27 bits per heavy atom. The molecule has 0 aliphatic heterocycles. The van der Waals surface area contributed by atoms with Crippen LogP contribution in [0.3, 0.4) is 0 Å². The first-order valence-electron chi connectivity index (χ1n) is 5.02. The molecule has 0 radical (unpaired) electrons. The van der Waals surface area contributed by atoms with Crippen LogP contribution in [0.1, 0.15) is 46.0 Å². The molecule has 0 N–H and O–H groups in total. The minimum atomic E-state index is 0.635. The molecule has 3 fully saturated rings. The van der Waals surface area contributed by atoms with Crippen molar-refractivity contribution in [2.24, 2.45) is 16.7 Å². The number of fused-ring (bicyclic) bond motifs is 3. The second-order valence-electron chi connectivity index (χ2n) is 5.42. The monoisotopic (exact) mass is 149 g/mol. The van der Waals surface area contributed by atoms with Gasteiger partial charge < -0.3 is 0 Å². The Hall–Kier alpha value is -0.130. The molecule has 3 rings (SSSR count). The van der Waals surface area contributed by atoms with Crippen LogP contribution in [0.2, 0.25) is 0 Å². The van der Waals surface area contributed by atoms with Gasteiger partial charge in [0.2, 0.25) is 0 Å². The first-order valence-corrected chi connectivity index (χ1v) is 5.02. The van der Waals surface area contributed by atoms with Gasteiger partial charge in [0.15, 0.2) is 0 Å². The summed E-state index contributed by atoms with van der Waals surface area (Å²) in [7, 11) is 0. The largest absolute Gasteiger partial charge is 0.112 e. The molecule has 3 aliphatic carbocycles. The van der Waals surface area contributed by atoms with E-state index in [2.05, 4.69) is 13.8 Å². The molecule has 0 nitrogen and oxygen atoms in total. The van der Waals surface area contributed by atoms with Crippen LogP contribution >= 0.6 is 0 Å². The lowest BCUT2D eigenvalue weighted by Gasteiger charge is -2.14. The molecule has 0 aromatic heterocycles. The molecule has 3 saturated carbocycles. The summed E-state index contributed by atoms with van der Waals surface area (Å²) in [6, 6.07) is 0. The molecule has 0 unspecified atom stereocenters. The minimum absolute atomic E-state index is 0.635. The smallest absolute Gasteiger partial charge is 0.0184 e. The molecular formula is C11H17+. The van der Waals surface area contributed by atoms with Gasteiger partial charge in [0.25, 0.3) is 0 Å². The Labute approximate surface area is 69.4 Å². The van der Waals surface area contributed by atoms with Crippen molar-refractivity contribution in [2.45, 2.75) is 46.0 Å². The van der Waals surface area contributed by atoms with Gasteiger partial charge in [-0.25, -0.2) is 0 Å². The van der Waals surface area contributed by atoms with Gasteiger partial charge in [-0.05, 0) is 33.1 Å². The van der Waals surface area contributed by atoms with Crippen LogP contribution in [0.5, 0.6) is 0 Å². The molecule has 1 spiro atoms. The number of rotatable bonds is 0. The molecular weight excluding hydrogens is 132 g/mol. The third-order valence-corrected chi connectivity index (χ3v) is 4.67. The number of hydrogen-bond donors (Lipinski definition) is 0. The Morgan fingerprint density at radius 3 is 2.27 bits per heavy atom. The average molecular weight is 149 g/mol. The summed E-state index contributed by atoms with van der Waals surface area (Å²) in [5.41, 5.74) is 1.45. The molecule has 0 saturated heterocycles. The van der Waals surface area contributed by atoms with Crippen LogP contribution in [-0.2, 0) is 0 Å². The zero-order valence-corrected chi connectivity index (χ0v) is 7.61. The second-order valence-corrected chi connectivity index (χ2v) is 5.42. The maximum absolute atomic E-state index is 2.48.